The molecule has 2 amide bonds. The first kappa shape index (κ1) is 25.5. The predicted octanol–water partition coefficient (Wildman–Crippen LogP) is 4.08. The van der Waals surface area contributed by atoms with E-state index >= 15 is 0 Å². The van der Waals surface area contributed by atoms with Gasteiger partial charge in [0.15, 0.2) is 0 Å². The molecule has 7 heteroatoms. The Kier molecular flexibility index (Phi) is 7.67. The number of epoxide rings is 2. The van der Waals surface area contributed by atoms with Crippen LogP contribution in [0.4, 0.5) is 4.79 Å². The quantitative estimate of drug-likeness (QED) is 0.387. The average Bonchev–Trinajstić information content (AvgIpc) is 3.75. The zero-order chi connectivity index (χ0) is 25.1. The van der Waals surface area contributed by atoms with Gasteiger partial charge in [0.2, 0.25) is 5.91 Å². The van der Waals surface area contributed by atoms with E-state index in [4.69, 9.17) is 14.2 Å². The minimum atomic E-state index is -0.736. The molecule has 35 heavy (non-hydrogen) atoms. The van der Waals surface area contributed by atoms with E-state index in [-0.39, 0.29) is 35.2 Å². The number of ether oxygens (including phenoxy) is 3. The van der Waals surface area contributed by atoms with Crippen molar-refractivity contribution in [2.75, 3.05) is 13.2 Å². The number of amides is 2. The van der Waals surface area contributed by atoms with Crippen LogP contribution in [0.15, 0.2) is 54.6 Å². The van der Waals surface area contributed by atoms with Crippen molar-refractivity contribution in [1.82, 2.24) is 10.6 Å². The highest BCUT2D eigenvalue weighted by Gasteiger charge is 2.68. The largest absolute Gasteiger partial charge is 0.446 e. The van der Waals surface area contributed by atoms with Gasteiger partial charge in [0, 0.05) is 18.9 Å². The standard InChI is InChI=1S/C28H38N2O5/c1-5-15-29-25(31)22(16-20-9-7-6-8-10-20)30-26(32)34-21-13-14-28(18-33-28)23(17-21)27(4)24(35-27)12-11-19(2)3/h5-11,21-24H,1,12-18H2,2-4H3,(H,29,31)(H,30,32)/t21-,22+,23-,24-,27-,28+/m1/s1. The molecule has 4 rings (SSSR count). The molecule has 0 radical (unpaired) electrons. The molecule has 1 saturated carbocycles. The highest BCUT2D eigenvalue weighted by Crippen LogP contribution is 2.59. The van der Waals surface area contributed by atoms with Gasteiger partial charge in [-0.05, 0) is 52.0 Å². The molecule has 2 N–H and O–H groups in total. The number of hydrogen-bond donors (Lipinski definition) is 2. The van der Waals surface area contributed by atoms with E-state index in [2.05, 4.69) is 44.1 Å². The molecule has 7 nitrogen and oxygen atoms in total. The summed E-state index contributed by atoms with van der Waals surface area (Å²) in [5.41, 5.74) is 1.83. The normalized spacial score (nSPS) is 31.7. The van der Waals surface area contributed by atoms with Crippen molar-refractivity contribution in [1.29, 1.82) is 0 Å². The van der Waals surface area contributed by atoms with Gasteiger partial charge < -0.3 is 24.8 Å². The van der Waals surface area contributed by atoms with Gasteiger partial charge in [0.25, 0.3) is 0 Å². The number of nitrogens with one attached hydrogen (secondary N) is 2. The summed E-state index contributed by atoms with van der Waals surface area (Å²) in [7, 11) is 0. The molecule has 3 aliphatic rings. The SMILES string of the molecule is C=CCNC(=O)[C@H](Cc1ccccc1)NC(=O)O[C@@H]1CC[C@]2(CO2)[C@@H]([C@@]2(C)O[C@@H]2CC=C(C)C)C1. The van der Waals surface area contributed by atoms with Crippen LogP contribution in [0.2, 0.25) is 0 Å². The van der Waals surface area contributed by atoms with Crippen molar-refractivity contribution in [2.45, 2.75) is 82.3 Å². The third-order valence-electron chi connectivity index (χ3n) is 7.53. The second kappa shape index (κ2) is 10.5. The lowest BCUT2D eigenvalue weighted by Crippen LogP contribution is -2.50. The van der Waals surface area contributed by atoms with Crippen molar-refractivity contribution >= 4 is 12.0 Å². The Morgan fingerprint density at radius 2 is 2.03 bits per heavy atom. The van der Waals surface area contributed by atoms with Gasteiger partial charge in [-0.15, -0.1) is 6.58 Å². The Hall–Kier alpha value is -2.64. The smallest absolute Gasteiger partial charge is 0.408 e. The van der Waals surface area contributed by atoms with E-state index in [0.717, 1.165) is 31.4 Å². The van der Waals surface area contributed by atoms with E-state index in [1.54, 1.807) is 6.08 Å². The monoisotopic (exact) mass is 482 g/mol. The molecule has 1 aromatic rings. The van der Waals surface area contributed by atoms with E-state index in [9.17, 15) is 9.59 Å². The zero-order valence-corrected chi connectivity index (χ0v) is 21.0. The Bertz CT molecular complexity index is 953. The first-order chi connectivity index (χ1) is 16.8. The molecule has 6 atom stereocenters. The van der Waals surface area contributed by atoms with E-state index in [1.165, 1.54) is 5.57 Å². The number of carbonyl (C=O) groups is 2. The maximum absolute atomic E-state index is 12.9. The van der Waals surface area contributed by atoms with E-state index in [1.807, 2.05) is 30.3 Å². The van der Waals surface area contributed by atoms with Crippen LogP contribution in [0.1, 0.15) is 52.0 Å². The molecular formula is C28H38N2O5. The van der Waals surface area contributed by atoms with Gasteiger partial charge in [-0.25, -0.2) is 4.79 Å². The van der Waals surface area contributed by atoms with Crippen LogP contribution in [0.5, 0.6) is 0 Å². The summed E-state index contributed by atoms with van der Waals surface area (Å²) in [6.07, 6.45) is 6.72. The van der Waals surface area contributed by atoms with E-state index in [0.29, 0.717) is 19.4 Å². The molecule has 2 aliphatic heterocycles. The van der Waals surface area contributed by atoms with Crippen molar-refractivity contribution in [3.8, 4) is 0 Å². The van der Waals surface area contributed by atoms with E-state index < -0.39 is 12.1 Å². The second-order valence-electron chi connectivity index (χ2n) is 10.4. The number of allylic oxidation sites excluding steroid dienone is 1. The Labute approximate surface area is 208 Å². The third kappa shape index (κ3) is 6.14. The Morgan fingerprint density at radius 3 is 2.69 bits per heavy atom. The zero-order valence-electron chi connectivity index (χ0n) is 21.0. The van der Waals surface area contributed by atoms with Gasteiger partial charge in [0.1, 0.15) is 12.1 Å². The molecule has 3 fully saturated rings. The fourth-order valence-corrected chi connectivity index (χ4v) is 5.36. The Balaban J connectivity index is 1.36. The fraction of sp³-hybridized carbons (Fsp3) is 0.571. The molecule has 0 unspecified atom stereocenters. The third-order valence-corrected chi connectivity index (χ3v) is 7.53. The summed E-state index contributed by atoms with van der Waals surface area (Å²) in [6, 6.07) is 8.88. The predicted molar refractivity (Wildman–Crippen MR) is 134 cm³/mol. The van der Waals surface area contributed by atoms with Crippen molar-refractivity contribution < 1.29 is 23.8 Å². The van der Waals surface area contributed by atoms with Crippen LogP contribution in [0.3, 0.4) is 0 Å². The summed E-state index contributed by atoms with van der Waals surface area (Å²) in [6.45, 7) is 11.1. The molecule has 2 saturated heterocycles. The topological polar surface area (TPSA) is 92.5 Å². The Morgan fingerprint density at radius 1 is 1.29 bits per heavy atom. The first-order valence-electron chi connectivity index (χ1n) is 12.6. The summed E-state index contributed by atoms with van der Waals surface area (Å²) in [5, 5.41) is 5.57. The minimum absolute atomic E-state index is 0.148. The fourth-order valence-electron chi connectivity index (χ4n) is 5.36. The molecule has 1 aliphatic carbocycles. The van der Waals surface area contributed by atoms with Gasteiger partial charge in [0.05, 0.1) is 23.9 Å². The summed E-state index contributed by atoms with van der Waals surface area (Å²) >= 11 is 0. The number of rotatable bonds is 10. The van der Waals surface area contributed by atoms with Crippen LogP contribution in [0, 0.1) is 5.92 Å². The maximum Gasteiger partial charge on any atom is 0.408 e. The maximum atomic E-state index is 12.9. The van der Waals surface area contributed by atoms with Crippen molar-refractivity contribution in [2.24, 2.45) is 5.92 Å². The van der Waals surface area contributed by atoms with Gasteiger partial charge >= 0.3 is 6.09 Å². The number of hydrogen-bond acceptors (Lipinski definition) is 5. The average molecular weight is 483 g/mol. The van der Waals surface area contributed by atoms with Gasteiger partial charge in [-0.2, -0.15) is 0 Å². The van der Waals surface area contributed by atoms with Crippen molar-refractivity contribution in [3.05, 3.63) is 60.2 Å². The molecule has 190 valence electrons. The van der Waals surface area contributed by atoms with Crippen LogP contribution < -0.4 is 10.6 Å². The molecular weight excluding hydrogens is 444 g/mol. The lowest BCUT2D eigenvalue weighted by Gasteiger charge is -2.36. The number of alkyl carbamates (subject to hydrolysis) is 1. The number of carbonyl (C=O) groups excluding carboxylic acids is 2. The van der Waals surface area contributed by atoms with Crippen LogP contribution in [-0.2, 0) is 25.4 Å². The molecule has 1 aromatic carbocycles. The summed E-state index contributed by atoms with van der Waals surface area (Å²) in [5.74, 6) is -0.0910. The van der Waals surface area contributed by atoms with Crippen LogP contribution >= 0.6 is 0 Å². The lowest BCUT2D eigenvalue weighted by molar-refractivity contribution is -0.122. The number of benzene rings is 1. The molecule has 0 bridgehead atoms. The summed E-state index contributed by atoms with van der Waals surface area (Å²) in [4.78, 5) is 25.6. The first-order valence-corrected chi connectivity index (χ1v) is 12.6. The van der Waals surface area contributed by atoms with Crippen LogP contribution in [0.25, 0.3) is 0 Å². The minimum Gasteiger partial charge on any atom is -0.446 e. The molecule has 1 spiro atoms. The highest BCUT2D eigenvalue weighted by atomic mass is 16.6. The molecule has 2 heterocycles. The van der Waals surface area contributed by atoms with Crippen LogP contribution in [-0.4, -0.2) is 54.6 Å². The summed E-state index contributed by atoms with van der Waals surface area (Å²) < 4.78 is 18.0. The highest BCUT2D eigenvalue weighted by molar-refractivity contribution is 5.86. The van der Waals surface area contributed by atoms with Gasteiger partial charge in [-0.1, -0.05) is 48.1 Å². The lowest BCUT2D eigenvalue weighted by atomic mass is 9.70. The van der Waals surface area contributed by atoms with Gasteiger partial charge in [-0.3, -0.25) is 4.79 Å². The second-order valence-corrected chi connectivity index (χ2v) is 10.4. The molecule has 0 aromatic heterocycles. The van der Waals surface area contributed by atoms with Crippen molar-refractivity contribution in [3.63, 3.8) is 0 Å².